The number of ether oxygens (including phenoxy) is 1. The van der Waals surface area contributed by atoms with Gasteiger partial charge in [-0.1, -0.05) is 276 Å². The second-order valence-corrected chi connectivity index (χ2v) is 21.4. The van der Waals surface area contributed by atoms with Gasteiger partial charge in [-0.05, 0) is 77.0 Å². The number of unbranched alkanes of at least 4 members (excludes halogenated alkanes) is 43. The van der Waals surface area contributed by atoms with Gasteiger partial charge in [0.2, 0.25) is 5.91 Å². The minimum absolute atomic E-state index is 0.00730. The SMILES string of the molecule is CCCCCC/C=C\CCCCCCCC(=O)OCCCCCCCCCCCCCC/C=C\CCCCCCCCCCCCCCCC(=O)NC(CO)C(O)CCCCCCCCCCCC. The van der Waals surface area contributed by atoms with E-state index in [9.17, 15) is 19.8 Å². The first-order valence-electron chi connectivity index (χ1n) is 31.1. The van der Waals surface area contributed by atoms with Crippen LogP contribution in [0.4, 0.5) is 0 Å². The lowest BCUT2D eigenvalue weighted by Gasteiger charge is -2.22. The van der Waals surface area contributed by atoms with E-state index in [4.69, 9.17) is 4.74 Å². The maximum atomic E-state index is 12.4. The maximum absolute atomic E-state index is 12.4. The summed E-state index contributed by atoms with van der Waals surface area (Å²) >= 11 is 0. The molecule has 2 unspecified atom stereocenters. The highest BCUT2D eigenvalue weighted by molar-refractivity contribution is 5.76. The highest BCUT2D eigenvalue weighted by atomic mass is 16.5. The zero-order valence-electron chi connectivity index (χ0n) is 46.6. The van der Waals surface area contributed by atoms with Crippen LogP contribution in [0.1, 0.15) is 341 Å². The Morgan fingerprint density at radius 2 is 0.681 bits per heavy atom. The summed E-state index contributed by atoms with van der Waals surface area (Å²) in [7, 11) is 0. The molecule has 0 fully saturated rings. The number of hydrogen-bond donors (Lipinski definition) is 3. The molecule has 408 valence electrons. The molecule has 0 saturated heterocycles. The van der Waals surface area contributed by atoms with Gasteiger partial charge in [0.25, 0.3) is 0 Å². The summed E-state index contributed by atoms with van der Waals surface area (Å²) in [5.41, 5.74) is 0. The second kappa shape index (κ2) is 58.9. The fourth-order valence-electron chi connectivity index (χ4n) is 9.69. The van der Waals surface area contributed by atoms with Gasteiger partial charge in [0, 0.05) is 12.8 Å². The third kappa shape index (κ3) is 55.5. The lowest BCUT2D eigenvalue weighted by molar-refractivity contribution is -0.143. The molecule has 1 amide bonds. The van der Waals surface area contributed by atoms with Crippen LogP contribution in [0.3, 0.4) is 0 Å². The van der Waals surface area contributed by atoms with Gasteiger partial charge in [-0.25, -0.2) is 0 Å². The first-order valence-corrected chi connectivity index (χ1v) is 31.1. The number of allylic oxidation sites excluding steroid dienone is 4. The van der Waals surface area contributed by atoms with Crippen molar-refractivity contribution in [2.24, 2.45) is 0 Å². The van der Waals surface area contributed by atoms with Crippen molar-refractivity contribution < 1.29 is 24.5 Å². The highest BCUT2D eigenvalue weighted by Gasteiger charge is 2.20. The average Bonchev–Trinajstić information content (AvgIpc) is 3.35. The van der Waals surface area contributed by atoms with E-state index in [-0.39, 0.29) is 18.5 Å². The number of amides is 1. The Kier molecular flexibility index (Phi) is 57.5. The Morgan fingerprint density at radius 3 is 1.04 bits per heavy atom. The van der Waals surface area contributed by atoms with E-state index in [0.717, 1.165) is 44.9 Å². The monoisotopic (exact) mass is 972 g/mol. The third-order valence-electron chi connectivity index (χ3n) is 14.5. The molecule has 0 spiro atoms. The van der Waals surface area contributed by atoms with E-state index >= 15 is 0 Å². The number of aliphatic hydroxyl groups excluding tert-OH is 2. The molecule has 0 aromatic rings. The summed E-state index contributed by atoms with van der Waals surface area (Å²) < 4.78 is 5.47. The Labute approximate surface area is 431 Å². The van der Waals surface area contributed by atoms with Crippen LogP contribution in [0.15, 0.2) is 24.3 Å². The molecule has 0 radical (unpaired) electrons. The number of hydrogen-bond acceptors (Lipinski definition) is 5. The Balaban J connectivity index is 3.35. The summed E-state index contributed by atoms with van der Waals surface area (Å²) in [6, 6.07) is -0.538. The van der Waals surface area contributed by atoms with E-state index in [0.29, 0.717) is 25.9 Å². The fourth-order valence-corrected chi connectivity index (χ4v) is 9.69. The van der Waals surface area contributed by atoms with Crippen LogP contribution < -0.4 is 5.32 Å². The van der Waals surface area contributed by atoms with Crippen LogP contribution >= 0.6 is 0 Å². The summed E-state index contributed by atoms with van der Waals surface area (Å²) in [5, 5.41) is 23.2. The second-order valence-electron chi connectivity index (χ2n) is 21.4. The van der Waals surface area contributed by atoms with E-state index in [1.807, 2.05) is 0 Å². The first kappa shape index (κ1) is 67.3. The van der Waals surface area contributed by atoms with Gasteiger partial charge in [-0.2, -0.15) is 0 Å². The third-order valence-corrected chi connectivity index (χ3v) is 14.5. The maximum Gasteiger partial charge on any atom is 0.305 e. The molecule has 6 nitrogen and oxygen atoms in total. The molecule has 0 aromatic carbocycles. The number of nitrogens with one attached hydrogen (secondary N) is 1. The number of carbonyl (C=O) groups excluding carboxylic acids is 2. The van der Waals surface area contributed by atoms with Crippen molar-refractivity contribution in [2.75, 3.05) is 13.2 Å². The molecule has 0 aliphatic carbocycles. The quantitative estimate of drug-likeness (QED) is 0.0321. The van der Waals surface area contributed by atoms with E-state index in [2.05, 4.69) is 43.5 Å². The van der Waals surface area contributed by atoms with E-state index in [1.165, 1.54) is 263 Å². The lowest BCUT2D eigenvalue weighted by atomic mass is 10.0. The van der Waals surface area contributed by atoms with Crippen LogP contribution in [-0.2, 0) is 14.3 Å². The summed E-state index contributed by atoms with van der Waals surface area (Å²) in [4.78, 5) is 24.5. The molecule has 0 aromatic heterocycles. The first-order chi connectivity index (χ1) is 34.0. The molecule has 0 aliphatic rings. The summed E-state index contributed by atoms with van der Waals surface area (Å²) in [5.74, 6) is -0.0275. The van der Waals surface area contributed by atoms with Crippen LogP contribution in [0, 0.1) is 0 Å². The number of carbonyl (C=O) groups is 2. The summed E-state index contributed by atoms with van der Waals surface area (Å²) in [6.07, 6.45) is 72.1. The normalized spacial score (nSPS) is 12.7. The minimum atomic E-state index is -0.661. The van der Waals surface area contributed by atoms with Crippen LogP contribution in [0.5, 0.6) is 0 Å². The van der Waals surface area contributed by atoms with E-state index < -0.39 is 12.1 Å². The Morgan fingerprint density at radius 1 is 0.391 bits per heavy atom. The number of rotatable bonds is 58. The van der Waals surface area contributed by atoms with Crippen LogP contribution in [0.2, 0.25) is 0 Å². The Bertz CT molecular complexity index is 1080. The van der Waals surface area contributed by atoms with E-state index in [1.54, 1.807) is 0 Å². The van der Waals surface area contributed by atoms with Crippen LogP contribution in [0.25, 0.3) is 0 Å². The van der Waals surface area contributed by atoms with Gasteiger partial charge < -0.3 is 20.3 Å². The van der Waals surface area contributed by atoms with Crippen molar-refractivity contribution in [3.05, 3.63) is 24.3 Å². The molecule has 2 atom stereocenters. The van der Waals surface area contributed by atoms with Crippen molar-refractivity contribution in [3.8, 4) is 0 Å². The molecular weight excluding hydrogens is 851 g/mol. The number of esters is 1. The molecule has 0 rings (SSSR count). The van der Waals surface area contributed by atoms with Crippen molar-refractivity contribution >= 4 is 11.9 Å². The molecule has 0 bridgehead atoms. The summed E-state index contributed by atoms with van der Waals surface area (Å²) in [6.45, 7) is 4.93. The van der Waals surface area contributed by atoms with Gasteiger partial charge in [-0.3, -0.25) is 9.59 Å². The molecule has 0 heterocycles. The average molecular weight is 973 g/mol. The molecule has 0 saturated carbocycles. The molecular formula is C63H121NO5. The van der Waals surface area contributed by atoms with Gasteiger partial charge in [-0.15, -0.1) is 0 Å². The standard InChI is InChI=1S/C63H121NO5/c1-3-5-7-9-11-13-15-33-37-41-45-49-53-57-63(68)69-58-54-50-46-42-38-35-32-30-28-26-24-22-20-18-16-17-19-21-23-25-27-29-31-34-36-40-44-48-52-56-62(67)64-60(59-65)61(66)55-51-47-43-39-14-12-10-8-6-4-2/h13,15-16,18,60-61,65-66H,3-12,14,17,19-59H2,1-2H3,(H,64,67)/b15-13-,18-16-. The smallest absolute Gasteiger partial charge is 0.305 e. The molecule has 69 heavy (non-hydrogen) atoms. The zero-order chi connectivity index (χ0) is 50.0. The number of aliphatic hydroxyl groups is 2. The molecule has 3 N–H and O–H groups in total. The topological polar surface area (TPSA) is 95.9 Å². The van der Waals surface area contributed by atoms with Crippen molar-refractivity contribution in [3.63, 3.8) is 0 Å². The molecule has 6 heteroatoms. The predicted octanol–water partition coefficient (Wildman–Crippen LogP) is 19.4. The zero-order valence-corrected chi connectivity index (χ0v) is 46.6. The van der Waals surface area contributed by atoms with Crippen LogP contribution in [-0.4, -0.2) is 47.4 Å². The van der Waals surface area contributed by atoms with Gasteiger partial charge in [0.15, 0.2) is 0 Å². The highest BCUT2D eigenvalue weighted by Crippen LogP contribution is 2.17. The predicted molar refractivity (Wildman–Crippen MR) is 301 cm³/mol. The van der Waals surface area contributed by atoms with Crippen molar-refractivity contribution in [1.29, 1.82) is 0 Å². The van der Waals surface area contributed by atoms with Crippen molar-refractivity contribution in [1.82, 2.24) is 5.32 Å². The Hall–Kier alpha value is -1.66. The largest absolute Gasteiger partial charge is 0.466 e. The lowest BCUT2D eigenvalue weighted by Crippen LogP contribution is -2.45. The fraction of sp³-hybridized carbons (Fsp3) is 0.905. The molecule has 0 aliphatic heterocycles. The minimum Gasteiger partial charge on any atom is -0.466 e. The van der Waals surface area contributed by atoms with Crippen molar-refractivity contribution in [2.45, 2.75) is 353 Å². The van der Waals surface area contributed by atoms with Gasteiger partial charge in [0.05, 0.1) is 25.4 Å². The van der Waals surface area contributed by atoms with Gasteiger partial charge in [0.1, 0.15) is 0 Å². The van der Waals surface area contributed by atoms with Gasteiger partial charge >= 0.3 is 5.97 Å².